The molecule has 6 nitrogen and oxygen atoms in total. The quantitative estimate of drug-likeness (QED) is 0.681. The van der Waals surface area contributed by atoms with Crippen molar-refractivity contribution in [1.82, 2.24) is 10.3 Å². The van der Waals surface area contributed by atoms with Crippen LogP contribution in [0.15, 0.2) is 59.0 Å². The Labute approximate surface area is 158 Å². The van der Waals surface area contributed by atoms with E-state index in [1.54, 1.807) is 7.11 Å². The van der Waals surface area contributed by atoms with Gasteiger partial charge in [0, 0.05) is 18.5 Å². The fraction of sp³-hybridized carbons (Fsp3) is 0.238. The fourth-order valence-corrected chi connectivity index (χ4v) is 2.57. The van der Waals surface area contributed by atoms with E-state index < -0.39 is 6.09 Å². The van der Waals surface area contributed by atoms with Gasteiger partial charge in [-0.05, 0) is 36.8 Å². The molecule has 1 heterocycles. The zero-order chi connectivity index (χ0) is 19.1. The zero-order valence-corrected chi connectivity index (χ0v) is 15.4. The summed E-state index contributed by atoms with van der Waals surface area (Å²) in [6.07, 6.45) is 0.113. The van der Waals surface area contributed by atoms with Crippen LogP contribution in [0, 0.1) is 6.92 Å². The minimum Gasteiger partial charge on any atom is -0.497 e. The molecular formula is C21H22N2O4. The first-order valence-electron chi connectivity index (χ1n) is 8.71. The summed E-state index contributed by atoms with van der Waals surface area (Å²) in [4.78, 5) is 16.3. The molecule has 0 unspecified atom stereocenters. The standard InChI is InChI=1S/C21H22N2O4/c1-15-19(23-20(27-15)17-8-10-18(25-2)11-9-17)12-13-22-21(24)26-14-16-6-4-3-5-7-16/h3-11H,12-14H2,1-2H3,(H,22,24). The number of aryl methyl sites for hydroxylation is 1. The van der Waals surface area contributed by atoms with Crippen molar-refractivity contribution < 1.29 is 18.7 Å². The van der Waals surface area contributed by atoms with Gasteiger partial charge in [-0.25, -0.2) is 9.78 Å². The van der Waals surface area contributed by atoms with E-state index in [1.165, 1.54) is 0 Å². The average Bonchev–Trinajstić information content (AvgIpc) is 3.08. The van der Waals surface area contributed by atoms with Crippen LogP contribution in [0.5, 0.6) is 5.75 Å². The Bertz CT molecular complexity index is 873. The summed E-state index contributed by atoms with van der Waals surface area (Å²) < 4.78 is 16.1. The highest BCUT2D eigenvalue weighted by atomic mass is 16.5. The van der Waals surface area contributed by atoms with Gasteiger partial charge in [0.1, 0.15) is 18.1 Å². The number of nitrogens with one attached hydrogen (secondary N) is 1. The summed E-state index contributed by atoms with van der Waals surface area (Å²) in [6.45, 7) is 2.53. The van der Waals surface area contributed by atoms with Crippen LogP contribution >= 0.6 is 0 Å². The monoisotopic (exact) mass is 366 g/mol. The lowest BCUT2D eigenvalue weighted by atomic mass is 10.2. The maximum Gasteiger partial charge on any atom is 0.407 e. The number of carbonyl (C=O) groups excluding carboxylic acids is 1. The molecule has 0 bridgehead atoms. The molecule has 0 aliphatic carbocycles. The van der Waals surface area contributed by atoms with Gasteiger partial charge in [0.25, 0.3) is 0 Å². The van der Waals surface area contributed by atoms with Crippen molar-refractivity contribution in [1.29, 1.82) is 0 Å². The van der Waals surface area contributed by atoms with Crippen molar-refractivity contribution in [3.63, 3.8) is 0 Å². The molecule has 1 N–H and O–H groups in total. The number of rotatable bonds is 7. The van der Waals surface area contributed by atoms with E-state index in [0.717, 1.165) is 28.3 Å². The van der Waals surface area contributed by atoms with Gasteiger partial charge in [-0.1, -0.05) is 30.3 Å². The molecule has 3 rings (SSSR count). The highest BCUT2D eigenvalue weighted by molar-refractivity contribution is 5.67. The van der Waals surface area contributed by atoms with Crippen LogP contribution in [0.4, 0.5) is 4.79 Å². The Morgan fingerprint density at radius 2 is 1.85 bits per heavy atom. The van der Waals surface area contributed by atoms with Gasteiger partial charge < -0.3 is 19.2 Å². The second-order valence-electron chi connectivity index (χ2n) is 5.99. The summed E-state index contributed by atoms with van der Waals surface area (Å²) in [7, 11) is 1.63. The van der Waals surface area contributed by atoms with Crippen LogP contribution in [0.1, 0.15) is 17.0 Å². The number of ether oxygens (including phenoxy) is 2. The number of carbonyl (C=O) groups is 1. The first-order valence-corrected chi connectivity index (χ1v) is 8.71. The summed E-state index contributed by atoms with van der Waals surface area (Å²) in [5.41, 5.74) is 2.63. The largest absolute Gasteiger partial charge is 0.497 e. The molecule has 0 aliphatic heterocycles. The third-order valence-electron chi connectivity index (χ3n) is 4.07. The third-order valence-corrected chi connectivity index (χ3v) is 4.07. The van der Waals surface area contributed by atoms with E-state index in [-0.39, 0.29) is 6.61 Å². The fourth-order valence-electron chi connectivity index (χ4n) is 2.57. The zero-order valence-electron chi connectivity index (χ0n) is 15.4. The van der Waals surface area contributed by atoms with E-state index in [1.807, 2.05) is 61.5 Å². The van der Waals surface area contributed by atoms with E-state index in [2.05, 4.69) is 10.3 Å². The Hall–Kier alpha value is -3.28. The Morgan fingerprint density at radius 1 is 1.11 bits per heavy atom. The molecule has 27 heavy (non-hydrogen) atoms. The van der Waals surface area contributed by atoms with Crippen molar-refractivity contribution in [2.24, 2.45) is 0 Å². The minimum atomic E-state index is -0.449. The van der Waals surface area contributed by atoms with E-state index in [9.17, 15) is 4.79 Å². The van der Waals surface area contributed by atoms with Gasteiger partial charge in [0.15, 0.2) is 0 Å². The number of oxazole rings is 1. The molecule has 0 radical (unpaired) electrons. The lowest BCUT2D eigenvalue weighted by Crippen LogP contribution is -2.26. The van der Waals surface area contributed by atoms with Crippen molar-refractivity contribution in [3.05, 3.63) is 71.6 Å². The molecule has 6 heteroatoms. The molecule has 0 fully saturated rings. The molecule has 0 saturated heterocycles. The van der Waals surface area contributed by atoms with Crippen LogP contribution in [0.3, 0.4) is 0 Å². The second-order valence-corrected chi connectivity index (χ2v) is 5.99. The lowest BCUT2D eigenvalue weighted by molar-refractivity contribution is 0.140. The smallest absolute Gasteiger partial charge is 0.407 e. The van der Waals surface area contributed by atoms with Crippen molar-refractivity contribution in [3.8, 4) is 17.2 Å². The molecule has 140 valence electrons. The average molecular weight is 366 g/mol. The number of benzene rings is 2. The third kappa shape index (κ3) is 5.10. The van der Waals surface area contributed by atoms with Crippen LogP contribution < -0.4 is 10.1 Å². The van der Waals surface area contributed by atoms with Gasteiger partial charge in [0.2, 0.25) is 5.89 Å². The van der Waals surface area contributed by atoms with E-state index in [0.29, 0.717) is 18.9 Å². The maximum absolute atomic E-state index is 11.8. The predicted molar refractivity (Wildman–Crippen MR) is 102 cm³/mol. The van der Waals surface area contributed by atoms with Crippen molar-refractivity contribution in [2.45, 2.75) is 20.0 Å². The molecule has 2 aromatic carbocycles. The lowest BCUT2D eigenvalue weighted by Gasteiger charge is -2.06. The molecule has 0 saturated carbocycles. The van der Waals surface area contributed by atoms with Gasteiger partial charge in [-0.15, -0.1) is 0 Å². The number of aromatic nitrogens is 1. The first kappa shape index (κ1) is 18.5. The van der Waals surface area contributed by atoms with Crippen LogP contribution in [-0.2, 0) is 17.8 Å². The highest BCUT2D eigenvalue weighted by Crippen LogP contribution is 2.24. The molecule has 1 aromatic heterocycles. The molecule has 0 atom stereocenters. The molecular weight excluding hydrogens is 344 g/mol. The minimum absolute atomic E-state index is 0.247. The maximum atomic E-state index is 11.8. The summed E-state index contributed by atoms with van der Waals surface area (Å²) in [6, 6.07) is 17.1. The molecule has 3 aromatic rings. The SMILES string of the molecule is COc1ccc(-c2nc(CCNC(=O)OCc3ccccc3)c(C)o2)cc1. The van der Waals surface area contributed by atoms with Gasteiger partial charge in [0.05, 0.1) is 12.8 Å². The van der Waals surface area contributed by atoms with Gasteiger partial charge >= 0.3 is 6.09 Å². The molecule has 1 amide bonds. The Balaban J connectivity index is 1.49. The number of amides is 1. The topological polar surface area (TPSA) is 73.6 Å². The summed E-state index contributed by atoms with van der Waals surface area (Å²) in [5.74, 6) is 2.07. The number of alkyl carbamates (subject to hydrolysis) is 1. The predicted octanol–water partition coefficient (Wildman–Crippen LogP) is 4.13. The van der Waals surface area contributed by atoms with Crippen LogP contribution in [0.2, 0.25) is 0 Å². The summed E-state index contributed by atoms with van der Waals surface area (Å²) >= 11 is 0. The Kier molecular flexibility index (Phi) is 6.10. The van der Waals surface area contributed by atoms with Gasteiger partial charge in [-0.3, -0.25) is 0 Å². The normalized spacial score (nSPS) is 10.4. The van der Waals surface area contributed by atoms with E-state index >= 15 is 0 Å². The number of hydrogen-bond donors (Lipinski definition) is 1. The number of hydrogen-bond acceptors (Lipinski definition) is 5. The molecule has 0 spiro atoms. The first-order chi connectivity index (χ1) is 13.2. The van der Waals surface area contributed by atoms with Crippen LogP contribution in [0.25, 0.3) is 11.5 Å². The summed E-state index contributed by atoms with van der Waals surface area (Å²) in [5, 5.41) is 2.73. The second kappa shape index (κ2) is 8.89. The van der Waals surface area contributed by atoms with Crippen molar-refractivity contribution in [2.75, 3.05) is 13.7 Å². The van der Waals surface area contributed by atoms with Crippen LogP contribution in [-0.4, -0.2) is 24.7 Å². The Morgan fingerprint density at radius 3 is 2.56 bits per heavy atom. The molecule has 0 aliphatic rings. The number of methoxy groups -OCH3 is 1. The van der Waals surface area contributed by atoms with Gasteiger partial charge in [-0.2, -0.15) is 0 Å². The highest BCUT2D eigenvalue weighted by Gasteiger charge is 2.12. The van der Waals surface area contributed by atoms with E-state index in [4.69, 9.17) is 13.9 Å². The van der Waals surface area contributed by atoms with Crippen molar-refractivity contribution >= 4 is 6.09 Å². The number of nitrogens with zero attached hydrogens (tertiary/aromatic N) is 1.